The fourth-order valence-electron chi connectivity index (χ4n) is 4.49. The second-order valence-corrected chi connectivity index (χ2v) is 8.61. The number of ether oxygens (including phenoxy) is 1. The maximum atomic E-state index is 12.9. The Labute approximate surface area is 187 Å². The summed E-state index contributed by atoms with van der Waals surface area (Å²) in [6.07, 6.45) is 1.89. The summed E-state index contributed by atoms with van der Waals surface area (Å²) < 4.78 is 8.37. The van der Waals surface area contributed by atoms with Gasteiger partial charge in [-0.05, 0) is 54.8 Å². The molecule has 1 amide bonds. The summed E-state index contributed by atoms with van der Waals surface area (Å²) in [4.78, 5) is 21.5. The highest BCUT2D eigenvalue weighted by atomic mass is 16.5. The van der Waals surface area contributed by atoms with E-state index in [1.54, 1.807) is 0 Å². The molecule has 0 aliphatic carbocycles. The molecule has 0 saturated carbocycles. The van der Waals surface area contributed by atoms with E-state index in [4.69, 9.17) is 4.74 Å². The quantitative estimate of drug-likeness (QED) is 0.550. The number of amides is 1. The van der Waals surface area contributed by atoms with Crippen LogP contribution in [0.4, 0.5) is 0 Å². The number of benzene rings is 2. The second kappa shape index (κ2) is 8.13. The number of fused-ring (bicyclic) bond motifs is 2. The molecule has 1 fully saturated rings. The summed E-state index contributed by atoms with van der Waals surface area (Å²) in [5.74, 6) is 2.26. The fraction of sp³-hybridized carbons (Fsp3) is 0.320. The largest absolute Gasteiger partial charge is 0.456 e. The number of aromatic nitrogens is 2. The van der Waals surface area contributed by atoms with Gasteiger partial charge in [0.1, 0.15) is 23.4 Å². The van der Waals surface area contributed by atoms with Crippen molar-refractivity contribution in [3.05, 3.63) is 76.4 Å². The van der Waals surface area contributed by atoms with Gasteiger partial charge < -0.3 is 14.2 Å². The minimum atomic E-state index is 0.132. The van der Waals surface area contributed by atoms with Crippen molar-refractivity contribution in [2.45, 2.75) is 33.5 Å². The number of imidazole rings is 1. The Morgan fingerprint density at radius 1 is 1.00 bits per heavy atom. The Bertz CT molecular complexity index is 1240. The number of hydrogen-bond acceptors (Lipinski definition) is 5. The second-order valence-electron chi connectivity index (χ2n) is 8.61. The van der Waals surface area contributed by atoms with E-state index in [2.05, 4.69) is 26.6 Å². The van der Waals surface area contributed by atoms with E-state index >= 15 is 0 Å². The van der Waals surface area contributed by atoms with Crippen LogP contribution in [0.15, 0.2) is 42.6 Å². The monoisotopic (exact) mass is 427 g/mol. The zero-order valence-corrected chi connectivity index (χ0v) is 18.3. The third-order valence-corrected chi connectivity index (χ3v) is 6.14. The topological polar surface area (TPSA) is 74.4 Å². The molecule has 3 aromatic rings. The van der Waals surface area contributed by atoms with Crippen LogP contribution in [0.25, 0.3) is 0 Å². The van der Waals surface area contributed by atoms with Crippen molar-refractivity contribution in [2.24, 2.45) is 0 Å². The Kier molecular flexibility index (Phi) is 5.16. The van der Waals surface area contributed by atoms with Crippen LogP contribution >= 0.6 is 0 Å². The van der Waals surface area contributed by atoms with Crippen LogP contribution in [0, 0.1) is 25.2 Å². The van der Waals surface area contributed by atoms with Gasteiger partial charge in [-0.1, -0.05) is 12.1 Å². The molecule has 1 aromatic heterocycles. The third-order valence-electron chi connectivity index (χ3n) is 6.14. The Morgan fingerprint density at radius 3 is 2.69 bits per heavy atom. The van der Waals surface area contributed by atoms with Gasteiger partial charge in [0.05, 0.1) is 17.8 Å². The van der Waals surface area contributed by atoms with E-state index in [-0.39, 0.29) is 5.91 Å². The predicted octanol–water partition coefficient (Wildman–Crippen LogP) is 3.37. The summed E-state index contributed by atoms with van der Waals surface area (Å²) in [7, 11) is 0. The number of carbonyl (C=O) groups is 1. The number of nitrogens with zero attached hydrogens (tertiary/aromatic N) is 5. The number of nitriles is 1. The first-order valence-electron chi connectivity index (χ1n) is 10.8. The van der Waals surface area contributed by atoms with Gasteiger partial charge in [-0.25, -0.2) is 4.98 Å². The van der Waals surface area contributed by atoms with Crippen LogP contribution in [0.3, 0.4) is 0 Å². The molecule has 2 aromatic carbocycles. The fourth-order valence-corrected chi connectivity index (χ4v) is 4.49. The van der Waals surface area contributed by atoms with Crippen LogP contribution in [0.1, 0.15) is 33.8 Å². The van der Waals surface area contributed by atoms with Crippen LogP contribution < -0.4 is 4.74 Å². The van der Waals surface area contributed by atoms with Crippen molar-refractivity contribution in [1.82, 2.24) is 19.4 Å². The third kappa shape index (κ3) is 3.97. The van der Waals surface area contributed by atoms with Crippen molar-refractivity contribution in [1.29, 1.82) is 5.26 Å². The van der Waals surface area contributed by atoms with Crippen molar-refractivity contribution in [3.63, 3.8) is 0 Å². The molecule has 7 nitrogen and oxygen atoms in total. The van der Waals surface area contributed by atoms with E-state index in [0.717, 1.165) is 34.8 Å². The van der Waals surface area contributed by atoms with E-state index in [9.17, 15) is 10.1 Å². The Morgan fingerprint density at radius 2 is 1.88 bits per heavy atom. The summed E-state index contributed by atoms with van der Waals surface area (Å²) in [5, 5.41) is 9.61. The van der Waals surface area contributed by atoms with Crippen molar-refractivity contribution < 1.29 is 9.53 Å². The minimum absolute atomic E-state index is 0.132. The van der Waals surface area contributed by atoms with Gasteiger partial charge in [-0.15, -0.1) is 0 Å². The lowest BCUT2D eigenvalue weighted by Crippen LogP contribution is -2.49. The molecule has 3 aliphatic heterocycles. The summed E-state index contributed by atoms with van der Waals surface area (Å²) in [6, 6.07) is 13.9. The molecule has 0 spiro atoms. The highest BCUT2D eigenvalue weighted by Crippen LogP contribution is 2.29. The molecule has 1 saturated heterocycles. The van der Waals surface area contributed by atoms with Gasteiger partial charge in [0.15, 0.2) is 0 Å². The first-order valence-corrected chi connectivity index (χ1v) is 10.8. The van der Waals surface area contributed by atoms with Gasteiger partial charge in [-0.2, -0.15) is 5.26 Å². The minimum Gasteiger partial charge on any atom is -0.456 e. The zero-order chi connectivity index (χ0) is 22.2. The smallest absolute Gasteiger partial charge is 0.237 e. The highest BCUT2D eigenvalue weighted by Gasteiger charge is 2.25. The van der Waals surface area contributed by atoms with Gasteiger partial charge in [0, 0.05) is 38.9 Å². The maximum Gasteiger partial charge on any atom is 0.237 e. The molecule has 4 heterocycles. The predicted molar refractivity (Wildman–Crippen MR) is 119 cm³/mol. The van der Waals surface area contributed by atoms with Gasteiger partial charge in [-0.3, -0.25) is 9.69 Å². The summed E-state index contributed by atoms with van der Waals surface area (Å²) >= 11 is 0. The van der Waals surface area contributed by atoms with Crippen molar-refractivity contribution >= 4 is 5.91 Å². The molecule has 7 heteroatoms. The first-order chi connectivity index (χ1) is 15.5. The maximum absolute atomic E-state index is 12.9. The van der Waals surface area contributed by atoms with Crippen LogP contribution in [0.5, 0.6) is 11.5 Å². The first kappa shape index (κ1) is 20.3. The lowest BCUT2D eigenvalue weighted by atomic mass is 10.1. The molecule has 3 aliphatic rings. The molecule has 1 unspecified atom stereocenters. The highest BCUT2D eigenvalue weighted by molar-refractivity contribution is 5.79. The molecule has 162 valence electrons. The molecule has 0 radical (unpaired) electrons. The van der Waals surface area contributed by atoms with Gasteiger partial charge >= 0.3 is 0 Å². The zero-order valence-electron chi connectivity index (χ0n) is 18.3. The molecule has 0 N–H and O–H groups in total. The van der Waals surface area contributed by atoms with Crippen molar-refractivity contribution in [3.8, 4) is 17.6 Å². The van der Waals surface area contributed by atoms with E-state index in [1.807, 2.05) is 55.3 Å². The molecular formula is C25H25N5O2. The van der Waals surface area contributed by atoms with Crippen LogP contribution in [-0.4, -0.2) is 44.9 Å². The molecular weight excluding hydrogens is 402 g/mol. The van der Waals surface area contributed by atoms with E-state index in [0.29, 0.717) is 49.8 Å². The van der Waals surface area contributed by atoms with Gasteiger partial charge in [0.2, 0.25) is 5.91 Å². The van der Waals surface area contributed by atoms with Gasteiger partial charge in [0.25, 0.3) is 0 Å². The molecule has 32 heavy (non-hydrogen) atoms. The average Bonchev–Trinajstić information content (AvgIpc) is 3.08. The Balaban J connectivity index is 1.61. The molecule has 6 bridgehead atoms. The molecule has 1 atom stereocenters. The lowest BCUT2D eigenvalue weighted by Gasteiger charge is -2.34. The lowest BCUT2D eigenvalue weighted by molar-refractivity contribution is -0.136. The number of piperazine rings is 1. The normalized spacial score (nSPS) is 18.1. The van der Waals surface area contributed by atoms with E-state index in [1.165, 1.54) is 0 Å². The number of aryl methyl sites for hydroxylation is 2. The van der Waals surface area contributed by atoms with Crippen LogP contribution in [-0.2, 0) is 24.4 Å². The Hall–Kier alpha value is -3.63. The number of carbonyl (C=O) groups excluding carboxylic acids is 1. The number of rotatable bonds is 0. The summed E-state index contributed by atoms with van der Waals surface area (Å²) in [5.41, 5.74) is 4.67. The average molecular weight is 428 g/mol. The SMILES string of the molecule is Cc1cc2cc(c1)Oc1cc(ccc1C#N)Cn1c(cnc1C)CN1CCN(C2)C(=O)C1. The van der Waals surface area contributed by atoms with E-state index < -0.39 is 0 Å². The van der Waals surface area contributed by atoms with Crippen LogP contribution in [0.2, 0.25) is 0 Å². The summed E-state index contributed by atoms with van der Waals surface area (Å²) in [6.45, 7) is 7.76. The number of hydrogen-bond donors (Lipinski definition) is 0. The molecule has 6 rings (SSSR count). The standard InChI is InChI=1S/C25H25N5O2/c1-17-7-20-9-23(8-17)32-24-10-19(3-4-21(24)11-26)14-30-18(2)27-12-22(30)15-28-5-6-29(13-20)25(31)16-28/h3-4,7-10,12H,5-6,13-16H2,1-2H3. The van der Waals surface area contributed by atoms with Crippen molar-refractivity contribution in [2.75, 3.05) is 19.6 Å².